The predicted molar refractivity (Wildman–Crippen MR) is 145 cm³/mol. The first-order valence-corrected chi connectivity index (χ1v) is 11.9. The van der Waals surface area contributed by atoms with Gasteiger partial charge in [0.1, 0.15) is 11.5 Å². The first kappa shape index (κ1) is 23.4. The van der Waals surface area contributed by atoms with Crippen molar-refractivity contribution in [3.05, 3.63) is 107 Å². The van der Waals surface area contributed by atoms with E-state index in [0.717, 1.165) is 50.1 Å². The van der Waals surface area contributed by atoms with Crippen LogP contribution in [0.25, 0.3) is 16.5 Å². The van der Waals surface area contributed by atoms with E-state index in [-0.39, 0.29) is 17.2 Å². The smallest absolute Gasteiger partial charge is 0.149 e. The van der Waals surface area contributed by atoms with Crippen molar-refractivity contribution in [3.63, 3.8) is 0 Å². The second-order valence-corrected chi connectivity index (χ2v) is 9.86. The molecule has 4 aromatic rings. The van der Waals surface area contributed by atoms with Gasteiger partial charge in [-0.2, -0.15) is 5.10 Å². The Balaban J connectivity index is 1.56. The summed E-state index contributed by atoms with van der Waals surface area (Å²) in [5.41, 5.74) is 7.25. The summed E-state index contributed by atoms with van der Waals surface area (Å²) < 4.78 is 15.5. The van der Waals surface area contributed by atoms with E-state index in [1.54, 1.807) is 24.5 Å². The molecule has 1 N–H and O–H groups in total. The Morgan fingerprint density at radius 3 is 2.75 bits per heavy atom. The maximum Gasteiger partial charge on any atom is 0.149 e. The number of H-pyrrole nitrogens is 1. The predicted octanol–water partition coefficient (Wildman–Crippen LogP) is 7.15. The third kappa shape index (κ3) is 4.16. The van der Waals surface area contributed by atoms with Gasteiger partial charge in [-0.05, 0) is 71.4 Å². The quantitative estimate of drug-likeness (QED) is 0.238. The minimum Gasteiger partial charge on any atom is -0.278 e. The molecule has 0 fully saturated rings. The zero-order chi connectivity index (χ0) is 25.4. The lowest BCUT2D eigenvalue weighted by molar-refractivity contribution is 0.491. The highest BCUT2D eigenvalue weighted by Gasteiger charge is 2.32. The molecule has 178 valence electrons. The van der Waals surface area contributed by atoms with Crippen molar-refractivity contribution in [3.8, 4) is 12.3 Å². The SMILES string of the molecule is C#Cc1ccc(CC(C)(C)/C(=C\C=C)c2cc(F)c3c(c2)C(c2ccc4cn[nH]c4c2)C(C)=N3)nc1. The average molecular weight is 475 g/mol. The van der Waals surface area contributed by atoms with E-state index in [2.05, 4.69) is 64.7 Å². The lowest BCUT2D eigenvalue weighted by Gasteiger charge is -2.29. The van der Waals surface area contributed by atoms with Gasteiger partial charge in [-0.3, -0.25) is 15.1 Å². The van der Waals surface area contributed by atoms with Crippen molar-refractivity contribution in [1.29, 1.82) is 0 Å². The van der Waals surface area contributed by atoms with E-state index in [9.17, 15) is 0 Å². The highest BCUT2D eigenvalue weighted by molar-refractivity contribution is 6.00. The number of benzene rings is 2. The molecule has 2 aromatic carbocycles. The Hall–Kier alpha value is -4.30. The third-order valence-electron chi connectivity index (χ3n) is 6.85. The number of nitrogens with zero attached hydrogens (tertiary/aromatic N) is 3. The van der Waals surface area contributed by atoms with Crippen LogP contribution in [0.5, 0.6) is 0 Å². The van der Waals surface area contributed by atoms with E-state index in [1.807, 2.05) is 31.2 Å². The van der Waals surface area contributed by atoms with Crippen LogP contribution in [-0.4, -0.2) is 20.9 Å². The largest absolute Gasteiger partial charge is 0.278 e. The molecule has 0 bridgehead atoms. The van der Waals surface area contributed by atoms with Gasteiger partial charge in [0.15, 0.2) is 0 Å². The number of allylic oxidation sites excluding steroid dienone is 3. The number of hydrogen-bond acceptors (Lipinski definition) is 3. The topological polar surface area (TPSA) is 53.9 Å². The fourth-order valence-electron chi connectivity index (χ4n) is 5.13. The Bertz CT molecular complexity index is 1580. The number of halogens is 1. The first-order chi connectivity index (χ1) is 17.3. The number of aliphatic imine (C=N–C) groups is 1. The number of pyridine rings is 1. The fourth-order valence-corrected chi connectivity index (χ4v) is 5.13. The highest BCUT2D eigenvalue weighted by Crippen LogP contribution is 2.45. The van der Waals surface area contributed by atoms with Crippen molar-refractivity contribution >= 4 is 27.9 Å². The molecule has 36 heavy (non-hydrogen) atoms. The lowest BCUT2D eigenvalue weighted by Crippen LogP contribution is -2.19. The molecule has 5 rings (SSSR count). The molecule has 2 aromatic heterocycles. The second kappa shape index (κ2) is 9.05. The van der Waals surface area contributed by atoms with Gasteiger partial charge in [0.05, 0.1) is 11.7 Å². The number of rotatable bonds is 6. The number of fused-ring (bicyclic) bond motifs is 2. The van der Waals surface area contributed by atoms with Crippen LogP contribution in [0, 0.1) is 23.6 Å². The molecule has 1 aliphatic rings. The van der Waals surface area contributed by atoms with Gasteiger partial charge in [-0.1, -0.05) is 50.6 Å². The van der Waals surface area contributed by atoms with Crippen LogP contribution in [0.15, 0.2) is 78.6 Å². The van der Waals surface area contributed by atoms with E-state index < -0.39 is 0 Å². The maximum atomic E-state index is 15.5. The Morgan fingerprint density at radius 1 is 1.19 bits per heavy atom. The van der Waals surface area contributed by atoms with Crippen LogP contribution in [0.3, 0.4) is 0 Å². The minimum absolute atomic E-state index is 0.131. The molecule has 3 heterocycles. The van der Waals surface area contributed by atoms with Crippen LogP contribution in [0.1, 0.15) is 54.6 Å². The zero-order valence-electron chi connectivity index (χ0n) is 20.6. The molecule has 0 spiro atoms. The van der Waals surface area contributed by atoms with Gasteiger partial charge >= 0.3 is 0 Å². The third-order valence-corrected chi connectivity index (χ3v) is 6.85. The van der Waals surface area contributed by atoms with Crippen molar-refractivity contribution in [2.75, 3.05) is 0 Å². The highest BCUT2D eigenvalue weighted by atomic mass is 19.1. The van der Waals surface area contributed by atoms with Gasteiger partial charge in [-0.25, -0.2) is 4.39 Å². The standard InChI is InChI=1S/C31H27FN4/c1-6-8-26(31(4,5)16-24-12-9-20(7-2)17-33-24)23-13-25-29(19(3)35-30(25)27(32)14-23)21-10-11-22-18-34-36-28(22)15-21/h2,6,8-15,17-18,29H,1,16H2,3-5H3,(H,34,36)/b26-8-. The van der Waals surface area contributed by atoms with Gasteiger partial charge in [0, 0.05) is 34.5 Å². The summed E-state index contributed by atoms with van der Waals surface area (Å²) in [5, 5.41) is 8.19. The summed E-state index contributed by atoms with van der Waals surface area (Å²) in [6, 6.07) is 13.7. The molecular formula is C31H27FN4. The normalized spacial score (nSPS) is 15.5. The molecule has 1 aliphatic heterocycles. The van der Waals surface area contributed by atoms with Gasteiger partial charge in [0.2, 0.25) is 0 Å². The summed E-state index contributed by atoms with van der Waals surface area (Å²) >= 11 is 0. The Morgan fingerprint density at radius 2 is 2.03 bits per heavy atom. The fraction of sp³-hybridized carbons (Fsp3) is 0.194. The van der Waals surface area contributed by atoms with Crippen molar-refractivity contribution in [2.45, 2.75) is 33.1 Å². The molecular weight excluding hydrogens is 447 g/mol. The summed E-state index contributed by atoms with van der Waals surface area (Å²) in [6.07, 6.45) is 13.4. The van der Waals surface area contributed by atoms with Crippen LogP contribution in [-0.2, 0) is 6.42 Å². The van der Waals surface area contributed by atoms with Crippen molar-refractivity contribution in [2.24, 2.45) is 10.4 Å². The molecule has 0 aliphatic carbocycles. The summed E-state index contributed by atoms with van der Waals surface area (Å²) in [7, 11) is 0. The number of aromatic amines is 1. The second-order valence-electron chi connectivity index (χ2n) is 9.86. The number of nitrogens with one attached hydrogen (secondary N) is 1. The van der Waals surface area contributed by atoms with Gasteiger partial charge in [-0.15, -0.1) is 6.42 Å². The summed E-state index contributed by atoms with van der Waals surface area (Å²) in [5.74, 6) is 2.14. The summed E-state index contributed by atoms with van der Waals surface area (Å²) in [4.78, 5) is 9.15. The number of aromatic nitrogens is 3. The average Bonchev–Trinajstić information content (AvgIpc) is 3.46. The van der Waals surface area contributed by atoms with Crippen LogP contribution in [0.2, 0.25) is 0 Å². The minimum atomic E-state index is -0.349. The van der Waals surface area contributed by atoms with Crippen LogP contribution >= 0.6 is 0 Å². The van der Waals surface area contributed by atoms with Crippen molar-refractivity contribution in [1.82, 2.24) is 15.2 Å². The van der Waals surface area contributed by atoms with Crippen LogP contribution < -0.4 is 0 Å². The van der Waals surface area contributed by atoms with E-state index >= 15 is 4.39 Å². The molecule has 0 radical (unpaired) electrons. The van der Waals surface area contributed by atoms with Crippen LogP contribution in [0.4, 0.5) is 10.1 Å². The molecule has 1 atom stereocenters. The molecule has 1 unspecified atom stereocenters. The monoisotopic (exact) mass is 474 g/mol. The van der Waals surface area contributed by atoms with Gasteiger partial charge < -0.3 is 0 Å². The maximum absolute atomic E-state index is 15.5. The summed E-state index contributed by atoms with van der Waals surface area (Å²) in [6.45, 7) is 10.1. The molecule has 5 heteroatoms. The molecule has 4 nitrogen and oxygen atoms in total. The molecule has 0 amide bonds. The number of terminal acetylenes is 1. The Labute approximate surface area is 210 Å². The van der Waals surface area contributed by atoms with E-state index in [1.165, 1.54) is 0 Å². The lowest BCUT2D eigenvalue weighted by atomic mass is 9.75. The molecule has 0 saturated heterocycles. The van der Waals surface area contributed by atoms with Crippen molar-refractivity contribution < 1.29 is 4.39 Å². The van der Waals surface area contributed by atoms with Gasteiger partial charge in [0.25, 0.3) is 0 Å². The van der Waals surface area contributed by atoms with E-state index in [0.29, 0.717) is 12.1 Å². The Kier molecular flexibility index (Phi) is 5.89. The first-order valence-electron chi connectivity index (χ1n) is 11.9. The van der Waals surface area contributed by atoms with E-state index in [4.69, 9.17) is 6.42 Å². The zero-order valence-corrected chi connectivity index (χ0v) is 20.6. The molecule has 0 saturated carbocycles. The number of hydrogen-bond donors (Lipinski definition) is 1.